The van der Waals surface area contributed by atoms with Crippen LogP contribution in [0.25, 0.3) is 10.9 Å². The molecule has 0 bridgehead atoms. The number of hydrogen-bond acceptors (Lipinski definition) is 2. The highest BCUT2D eigenvalue weighted by Gasteiger charge is 2.16. The summed E-state index contributed by atoms with van der Waals surface area (Å²) in [4.78, 5) is 14.2. The Morgan fingerprint density at radius 1 is 1.44 bits per heavy atom. The summed E-state index contributed by atoms with van der Waals surface area (Å²) in [5.74, 6) is -0.910. The lowest BCUT2D eigenvalue weighted by Crippen LogP contribution is -2.25. The fourth-order valence-corrected chi connectivity index (χ4v) is 1.99. The first-order valence-electron chi connectivity index (χ1n) is 6.19. The zero-order valence-corrected chi connectivity index (χ0v) is 10.7. The zero-order chi connectivity index (χ0) is 13.1. The summed E-state index contributed by atoms with van der Waals surface area (Å²) in [7, 11) is 0. The molecule has 3 N–H and O–H groups in total. The molecule has 4 nitrogen and oxygen atoms in total. The summed E-state index contributed by atoms with van der Waals surface area (Å²) < 4.78 is 0. The Bertz CT molecular complexity index is 560. The number of aromatic amines is 1. The monoisotopic (exact) mass is 246 g/mol. The van der Waals surface area contributed by atoms with Crippen LogP contribution >= 0.6 is 0 Å². The van der Waals surface area contributed by atoms with E-state index in [9.17, 15) is 9.90 Å². The Kier molecular flexibility index (Phi) is 3.67. The van der Waals surface area contributed by atoms with Crippen molar-refractivity contribution < 1.29 is 9.90 Å². The van der Waals surface area contributed by atoms with E-state index in [1.807, 2.05) is 24.3 Å². The van der Waals surface area contributed by atoms with Gasteiger partial charge in [0, 0.05) is 29.1 Å². The molecule has 0 spiro atoms. The van der Waals surface area contributed by atoms with Gasteiger partial charge in [0.25, 0.3) is 0 Å². The van der Waals surface area contributed by atoms with Crippen LogP contribution < -0.4 is 5.32 Å². The first-order valence-corrected chi connectivity index (χ1v) is 6.19. The van der Waals surface area contributed by atoms with Gasteiger partial charge in [-0.05, 0) is 19.4 Å². The van der Waals surface area contributed by atoms with Gasteiger partial charge < -0.3 is 15.4 Å². The predicted octanol–water partition coefficient (Wildman–Crippen LogP) is 2.75. The van der Waals surface area contributed by atoms with Gasteiger partial charge in [-0.25, -0.2) is 4.79 Å². The lowest BCUT2D eigenvalue weighted by atomic mass is 10.1. The van der Waals surface area contributed by atoms with E-state index in [1.54, 1.807) is 0 Å². The number of rotatable bonds is 5. The van der Waals surface area contributed by atoms with Crippen LogP contribution in [0.1, 0.15) is 36.3 Å². The highest BCUT2D eigenvalue weighted by atomic mass is 16.4. The van der Waals surface area contributed by atoms with Crippen LogP contribution in [0.15, 0.2) is 24.3 Å². The first-order chi connectivity index (χ1) is 8.63. The molecule has 4 heteroatoms. The van der Waals surface area contributed by atoms with Crippen molar-refractivity contribution in [2.75, 3.05) is 0 Å². The van der Waals surface area contributed by atoms with E-state index in [0.717, 1.165) is 22.9 Å². The van der Waals surface area contributed by atoms with E-state index in [2.05, 4.69) is 24.1 Å². The molecule has 0 saturated carbocycles. The molecule has 0 aliphatic carbocycles. The highest BCUT2D eigenvalue weighted by molar-refractivity contribution is 5.97. The number of aromatic nitrogens is 1. The largest absolute Gasteiger partial charge is 0.477 e. The fourth-order valence-electron chi connectivity index (χ4n) is 1.99. The van der Waals surface area contributed by atoms with Crippen LogP contribution in [0.2, 0.25) is 0 Å². The maximum absolute atomic E-state index is 11.2. The highest BCUT2D eigenvalue weighted by Crippen LogP contribution is 2.22. The number of fused-ring (bicyclic) bond motifs is 1. The minimum atomic E-state index is -0.910. The summed E-state index contributed by atoms with van der Waals surface area (Å²) in [5, 5.41) is 13.5. The minimum Gasteiger partial charge on any atom is -0.477 e. The summed E-state index contributed by atoms with van der Waals surface area (Å²) in [6.45, 7) is 4.76. The molecular weight excluding hydrogens is 228 g/mol. The summed E-state index contributed by atoms with van der Waals surface area (Å²) in [6.07, 6.45) is 1.02. The van der Waals surface area contributed by atoms with E-state index >= 15 is 0 Å². The quantitative estimate of drug-likeness (QED) is 0.760. The van der Waals surface area contributed by atoms with Crippen LogP contribution in [-0.4, -0.2) is 22.1 Å². The molecule has 2 aromatic rings. The standard InChI is InChI=1S/C14H18N2O2/c1-3-9(2)15-8-11-10-6-4-5-7-12(10)16-13(11)14(17)18/h4-7,9,15-16H,3,8H2,1-2H3,(H,17,18). The Labute approximate surface area is 106 Å². The summed E-state index contributed by atoms with van der Waals surface area (Å²) >= 11 is 0. The second kappa shape index (κ2) is 5.23. The van der Waals surface area contributed by atoms with Gasteiger partial charge in [0.1, 0.15) is 5.69 Å². The molecule has 2 rings (SSSR count). The number of carboxylic acids is 1. The van der Waals surface area contributed by atoms with Gasteiger partial charge >= 0.3 is 5.97 Å². The normalized spacial score (nSPS) is 12.8. The maximum atomic E-state index is 11.2. The van der Waals surface area contributed by atoms with Crippen molar-refractivity contribution >= 4 is 16.9 Å². The first kappa shape index (κ1) is 12.6. The molecule has 1 aromatic carbocycles. The Morgan fingerprint density at radius 3 is 2.83 bits per heavy atom. The van der Waals surface area contributed by atoms with Crippen molar-refractivity contribution in [1.29, 1.82) is 0 Å². The second-order valence-corrected chi connectivity index (χ2v) is 4.52. The topological polar surface area (TPSA) is 65.1 Å². The van der Waals surface area contributed by atoms with Gasteiger partial charge in [-0.1, -0.05) is 25.1 Å². The van der Waals surface area contributed by atoms with Crippen molar-refractivity contribution in [3.05, 3.63) is 35.5 Å². The maximum Gasteiger partial charge on any atom is 0.352 e. The number of H-pyrrole nitrogens is 1. The fraction of sp³-hybridized carbons (Fsp3) is 0.357. The number of carbonyl (C=O) groups is 1. The molecule has 0 fully saturated rings. The number of carboxylic acid groups (broad SMARTS) is 1. The second-order valence-electron chi connectivity index (χ2n) is 4.52. The van der Waals surface area contributed by atoms with E-state index in [0.29, 0.717) is 12.6 Å². The average molecular weight is 246 g/mol. The smallest absolute Gasteiger partial charge is 0.352 e. The third kappa shape index (κ3) is 2.38. The van der Waals surface area contributed by atoms with Crippen molar-refractivity contribution in [1.82, 2.24) is 10.3 Å². The van der Waals surface area contributed by atoms with E-state index in [1.165, 1.54) is 0 Å². The molecule has 0 amide bonds. The molecule has 0 saturated heterocycles. The van der Waals surface area contributed by atoms with Crippen LogP contribution in [0.3, 0.4) is 0 Å². The molecule has 1 unspecified atom stereocenters. The molecule has 0 aliphatic heterocycles. The molecular formula is C14H18N2O2. The molecule has 0 aliphatic rings. The Hall–Kier alpha value is -1.81. The van der Waals surface area contributed by atoms with Gasteiger partial charge in [0.05, 0.1) is 0 Å². The van der Waals surface area contributed by atoms with Gasteiger partial charge in [0.15, 0.2) is 0 Å². The van der Waals surface area contributed by atoms with Gasteiger partial charge in [-0.3, -0.25) is 0 Å². The third-order valence-electron chi connectivity index (χ3n) is 3.27. The number of para-hydroxylation sites is 1. The van der Waals surface area contributed by atoms with Gasteiger partial charge in [-0.15, -0.1) is 0 Å². The van der Waals surface area contributed by atoms with Crippen LogP contribution in [0.4, 0.5) is 0 Å². The van der Waals surface area contributed by atoms with E-state index < -0.39 is 5.97 Å². The molecule has 18 heavy (non-hydrogen) atoms. The number of nitrogens with one attached hydrogen (secondary N) is 2. The van der Waals surface area contributed by atoms with Crippen LogP contribution in [0, 0.1) is 0 Å². The number of aromatic carboxylic acids is 1. The number of hydrogen-bond donors (Lipinski definition) is 3. The molecule has 96 valence electrons. The zero-order valence-electron chi connectivity index (χ0n) is 10.7. The third-order valence-corrected chi connectivity index (χ3v) is 3.27. The van der Waals surface area contributed by atoms with Crippen LogP contribution in [0.5, 0.6) is 0 Å². The minimum absolute atomic E-state index is 0.284. The van der Waals surface area contributed by atoms with Crippen molar-refractivity contribution in [3.63, 3.8) is 0 Å². The lowest BCUT2D eigenvalue weighted by molar-refractivity contribution is 0.0690. The van der Waals surface area contributed by atoms with Crippen molar-refractivity contribution in [3.8, 4) is 0 Å². The lowest BCUT2D eigenvalue weighted by Gasteiger charge is -2.11. The molecule has 1 atom stereocenters. The average Bonchev–Trinajstić information content (AvgIpc) is 2.75. The summed E-state index contributed by atoms with van der Waals surface area (Å²) in [5.41, 5.74) is 1.99. The van der Waals surface area contributed by atoms with E-state index in [-0.39, 0.29) is 5.69 Å². The van der Waals surface area contributed by atoms with Gasteiger partial charge in [0.2, 0.25) is 0 Å². The van der Waals surface area contributed by atoms with Crippen molar-refractivity contribution in [2.45, 2.75) is 32.9 Å². The molecule has 1 aromatic heterocycles. The SMILES string of the molecule is CCC(C)NCc1c(C(=O)O)[nH]c2ccccc12. The number of benzene rings is 1. The molecule has 0 radical (unpaired) electrons. The Morgan fingerprint density at radius 2 is 2.17 bits per heavy atom. The van der Waals surface area contributed by atoms with Crippen LogP contribution in [-0.2, 0) is 6.54 Å². The van der Waals surface area contributed by atoms with E-state index in [4.69, 9.17) is 0 Å². The Balaban J connectivity index is 2.39. The van der Waals surface area contributed by atoms with Crippen molar-refractivity contribution in [2.24, 2.45) is 0 Å². The summed E-state index contributed by atoms with van der Waals surface area (Å²) in [6, 6.07) is 8.05. The van der Waals surface area contributed by atoms with Gasteiger partial charge in [-0.2, -0.15) is 0 Å². The molecule has 1 heterocycles. The predicted molar refractivity (Wildman–Crippen MR) is 71.9 cm³/mol.